The van der Waals surface area contributed by atoms with Crippen LogP contribution in [0.1, 0.15) is 60.5 Å². The number of fused-ring (bicyclic) bond motifs is 1. The molecule has 0 bridgehead atoms. The molecule has 2 heterocycles. The van der Waals surface area contributed by atoms with E-state index in [-0.39, 0.29) is 17.9 Å². The molecular formula is C17H20N4O2. The van der Waals surface area contributed by atoms with Gasteiger partial charge in [0.15, 0.2) is 5.82 Å². The smallest absolute Gasteiger partial charge is 0.268 e. The van der Waals surface area contributed by atoms with Crippen LogP contribution < -0.4 is 5.32 Å². The lowest BCUT2D eigenvalue weighted by Gasteiger charge is -2.08. The van der Waals surface area contributed by atoms with Crippen LogP contribution in [0, 0.1) is 6.92 Å². The molecule has 2 N–H and O–H groups in total. The molecule has 6 heteroatoms. The van der Waals surface area contributed by atoms with Crippen molar-refractivity contribution in [2.24, 2.45) is 0 Å². The van der Waals surface area contributed by atoms with E-state index in [0.717, 1.165) is 16.5 Å². The molecule has 3 aromatic rings. The fraction of sp³-hybridized carbons (Fsp3) is 0.353. The minimum Gasteiger partial charge on any atom is -0.351 e. The number of H-pyrrole nitrogens is 1. The number of benzene rings is 1. The average molecular weight is 312 g/mol. The van der Waals surface area contributed by atoms with Gasteiger partial charge in [-0.15, -0.1) is 0 Å². The van der Waals surface area contributed by atoms with E-state index >= 15 is 0 Å². The van der Waals surface area contributed by atoms with E-state index in [1.807, 2.05) is 52.0 Å². The third-order valence-corrected chi connectivity index (χ3v) is 3.71. The standard InChI is InChI=1S/C17H20N4O2/c1-9(2)15-20-17(23-21-15)11(4)18-16(22)14-8-12-7-10(3)5-6-13(12)19-14/h5-9,11,19H,1-4H3,(H,18,22). The second-order valence-electron chi connectivity index (χ2n) is 6.11. The van der Waals surface area contributed by atoms with Gasteiger partial charge in [0.05, 0.1) is 0 Å². The van der Waals surface area contributed by atoms with Crippen molar-refractivity contribution in [3.63, 3.8) is 0 Å². The fourth-order valence-corrected chi connectivity index (χ4v) is 2.37. The van der Waals surface area contributed by atoms with Gasteiger partial charge in [-0.05, 0) is 32.0 Å². The highest BCUT2D eigenvalue weighted by atomic mass is 16.5. The highest BCUT2D eigenvalue weighted by Gasteiger charge is 2.19. The van der Waals surface area contributed by atoms with Gasteiger partial charge in [-0.3, -0.25) is 4.79 Å². The highest BCUT2D eigenvalue weighted by Crippen LogP contribution is 2.19. The summed E-state index contributed by atoms with van der Waals surface area (Å²) in [6, 6.07) is 7.51. The minimum atomic E-state index is -0.351. The van der Waals surface area contributed by atoms with Crippen LogP contribution in [0.2, 0.25) is 0 Å². The Morgan fingerprint density at radius 1 is 1.26 bits per heavy atom. The average Bonchev–Trinajstić information content (AvgIpc) is 3.13. The first-order chi connectivity index (χ1) is 10.9. The van der Waals surface area contributed by atoms with Gasteiger partial charge in [-0.2, -0.15) is 4.98 Å². The number of aromatic nitrogens is 3. The normalized spacial score (nSPS) is 12.7. The van der Waals surface area contributed by atoms with E-state index in [2.05, 4.69) is 20.4 Å². The quantitative estimate of drug-likeness (QED) is 0.772. The predicted octanol–water partition coefficient (Wildman–Crippen LogP) is 3.47. The third-order valence-electron chi connectivity index (χ3n) is 3.71. The van der Waals surface area contributed by atoms with Gasteiger partial charge in [-0.1, -0.05) is 30.6 Å². The fourth-order valence-electron chi connectivity index (χ4n) is 2.37. The summed E-state index contributed by atoms with van der Waals surface area (Å²) in [5.41, 5.74) is 2.61. The maximum Gasteiger partial charge on any atom is 0.268 e. The molecule has 0 spiro atoms. The Kier molecular flexibility index (Phi) is 3.90. The predicted molar refractivity (Wildman–Crippen MR) is 87.3 cm³/mol. The van der Waals surface area contributed by atoms with Crippen molar-refractivity contribution >= 4 is 16.8 Å². The van der Waals surface area contributed by atoms with Crippen LogP contribution in [0.5, 0.6) is 0 Å². The number of aryl methyl sites for hydroxylation is 1. The summed E-state index contributed by atoms with van der Waals surface area (Å²) in [6.07, 6.45) is 0. The van der Waals surface area contributed by atoms with Gasteiger partial charge >= 0.3 is 0 Å². The molecule has 1 unspecified atom stereocenters. The Bertz CT molecular complexity index is 847. The zero-order valence-electron chi connectivity index (χ0n) is 13.7. The van der Waals surface area contributed by atoms with Crippen LogP contribution in [0.25, 0.3) is 10.9 Å². The van der Waals surface area contributed by atoms with E-state index < -0.39 is 0 Å². The first-order valence-corrected chi connectivity index (χ1v) is 7.68. The largest absolute Gasteiger partial charge is 0.351 e. The summed E-state index contributed by atoms with van der Waals surface area (Å²) in [6.45, 7) is 7.83. The second kappa shape index (κ2) is 5.87. The zero-order chi connectivity index (χ0) is 16.6. The molecule has 0 saturated carbocycles. The Morgan fingerprint density at radius 2 is 2.04 bits per heavy atom. The van der Waals surface area contributed by atoms with E-state index in [0.29, 0.717) is 17.4 Å². The Balaban J connectivity index is 1.76. The van der Waals surface area contributed by atoms with Crippen molar-refractivity contribution in [2.75, 3.05) is 0 Å². The van der Waals surface area contributed by atoms with Crippen molar-refractivity contribution < 1.29 is 9.32 Å². The first kappa shape index (κ1) is 15.3. The number of nitrogens with zero attached hydrogens (tertiary/aromatic N) is 2. The van der Waals surface area contributed by atoms with Crippen molar-refractivity contribution in [3.8, 4) is 0 Å². The molecule has 1 amide bonds. The summed E-state index contributed by atoms with van der Waals surface area (Å²) < 4.78 is 5.21. The Morgan fingerprint density at radius 3 is 2.74 bits per heavy atom. The second-order valence-corrected chi connectivity index (χ2v) is 6.11. The van der Waals surface area contributed by atoms with Crippen LogP contribution in [0.15, 0.2) is 28.8 Å². The molecule has 0 aliphatic heterocycles. The molecule has 1 aromatic carbocycles. The number of nitrogens with one attached hydrogen (secondary N) is 2. The molecule has 23 heavy (non-hydrogen) atoms. The summed E-state index contributed by atoms with van der Waals surface area (Å²) in [5.74, 6) is 1.04. The molecule has 0 saturated heterocycles. The molecule has 0 radical (unpaired) electrons. The first-order valence-electron chi connectivity index (χ1n) is 7.68. The summed E-state index contributed by atoms with van der Waals surface area (Å²) in [7, 11) is 0. The van der Waals surface area contributed by atoms with Crippen LogP contribution in [-0.2, 0) is 0 Å². The highest BCUT2D eigenvalue weighted by molar-refractivity contribution is 5.98. The maximum absolute atomic E-state index is 12.4. The molecule has 0 aliphatic rings. The SMILES string of the molecule is Cc1ccc2[nH]c(C(=O)NC(C)c3nc(C(C)C)no3)cc2c1. The Hall–Kier alpha value is -2.63. The van der Waals surface area contributed by atoms with E-state index in [4.69, 9.17) is 4.52 Å². The lowest BCUT2D eigenvalue weighted by molar-refractivity contribution is 0.0928. The molecule has 120 valence electrons. The lowest BCUT2D eigenvalue weighted by Crippen LogP contribution is -2.27. The van der Waals surface area contributed by atoms with Gasteiger partial charge in [0, 0.05) is 16.8 Å². The number of amides is 1. The van der Waals surface area contributed by atoms with Gasteiger partial charge in [-0.25, -0.2) is 0 Å². The number of carbonyl (C=O) groups is 1. The molecule has 6 nitrogen and oxygen atoms in total. The van der Waals surface area contributed by atoms with Crippen molar-refractivity contribution in [3.05, 3.63) is 47.2 Å². The van der Waals surface area contributed by atoms with E-state index in [1.54, 1.807) is 0 Å². The van der Waals surface area contributed by atoms with Crippen molar-refractivity contribution in [1.82, 2.24) is 20.4 Å². The van der Waals surface area contributed by atoms with Crippen LogP contribution >= 0.6 is 0 Å². The number of rotatable bonds is 4. The van der Waals surface area contributed by atoms with E-state index in [9.17, 15) is 4.79 Å². The van der Waals surface area contributed by atoms with Gasteiger partial charge < -0.3 is 14.8 Å². The summed E-state index contributed by atoms with van der Waals surface area (Å²) in [4.78, 5) is 19.8. The van der Waals surface area contributed by atoms with Crippen molar-refractivity contribution in [1.29, 1.82) is 0 Å². The molecule has 2 aromatic heterocycles. The van der Waals surface area contributed by atoms with Gasteiger partial charge in [0.1, 0.15) is 11.7 Å². The minimum absolute atomic E-state index is 0.187. The molecular weight excluding hydrogens is 292 g/mol. The van der Waals surface area contributed by atoms with Crippen LogP contribution in [0.3, 0.4) is 0 Å². The third kappa shape index (κ3) is 3.11. The summed E-state index contributed by atoms with van der Waals surface area (Å²) in [5, 5.41) is 7.81. The molecule has 1 atom stereocenters. The number of hydrogen-bond donors (Lipinski definition) is 2. The van der Waals surface area contributed by atoms with Crippen molar-refractivity contribution in [2.45, 2.75) is 39.7 Å². The van der Waals surface area contributed by atoms with Crippen LogP contribution in [-0.4, -0.2) is 21.0 Å². The molecule has 3 rings (SSSR count). The molecule has 0 fully saturated rings. The topological polar surface area (TPSA) is 83.8 Å². The lowest BCUT2D eigenvalue weighted by atomic mass is 10.2. The number of hydrogen-bond acceptors (Lipinski definition) is 4. The Labute approximate surface area is 134 Å². The molecule has 0 aliphatic carbocycles. The number of carbonyl (C=O) groups excluding carboxylic acids is 1. The zero-order valence-corrected chi connectivity index (χ0v) is 13.7. The summed E-state index contributed by atoms with van der Waals surface area (Å²) >= 11 is 0. The maximum atomic E-state index is 12.4. The van der Waals surface area contributed by atoms with E-state index in [1.165, 1.54) is 0 Å². The number of aromatic amines is 1. The monoisotopic (exact) mass is 312 g/mol. The van der Waals surface area contributed by atoms with Gasteiger partial charge in [0.2, 0.25) is 5.89 Å². The van der Waals surface area contributed by atoms with Crippen LogP contribution in [0.4, 0.5) is 0 Å². The van der Waals surface area contributed by atoms with Gasteiger partial charge in [0.25, 0.3) is 5.91 Å².